The Morgan fingerprint density at radius 2 is 2.32 bits per heavy atom. The van der Waals surface area contributed by atoms with Gasteiger partial charge in [-0.2, -0.15) is 4.37 Å². The van der Waals surface area contributed by atoms with Gasteiger partial charge in [-0.1, -0.05) is 0 Å². The van der Waals surface area contributed by atoms with E-state index >= 15 is 0 Å². The van der Waals surface area contributed by atoms with Crippen molar-refractivity contribution in [1.29, 1.82) is 0 Å². The molecule has 2 rings (SSSR count). The van der Waals surface area contributed by atoms with Gasteiger partial charge >= 0.3 is 0 Å². The predicted octanol–water partition coefficient (Wildman–Crippen LogP) is 0.883. The van der Waals surface area contributed by atoms with Crippen LogP contribution in [-0.2, 0) is 9.84 Å². The fourth-order valence-corrected chi connectivity index (χ4v) is 4.52. The summed E-state index contributed by atoms with van der Waals surface area (Å²) in [6.07, 6.45) is 3.51. The van der Waals surface area contributed by atoms with Crippen molar-refractivity contribution < 1.29 is 8.42 Å². The van der Waals surface area contributed by atoms with Gasteiger partial charge in [0.1, 0.15) is 9.90 Å². The van der Waals surface area contributed by atoms with Crippen LogP contribution < -0.4 is 11.1 Å². The van der Waals surface area contributed by atoms with Crippen LogP contribution >= 0.6 is 11.5 Å². The van der Waals surface area contributed by atoms with Gasteiger partial charge in [0, 0.05) is 19.3 Å². The maximum Gasteiger partial charge on any atom is 0.182 e. The normalized spacial score (nSPS) is 21.5. The number of anilines is 2. The molecule has 0 radical (unpaired) electrons. The van der Waals surface area contributed by atoms with Crippen molar-refractivity contribution in [1.82, 2.24) is 9.27 Å². The molecular formula is C11H20N4O2S2. The van der Waals surface area contributed by atoms with Gasteiger partial charge in [0.25, 0.3) is 0 Å². The Bertz CT molecular complexity index is 541. The number of nitrogens with one attached hydrogen (secondary N) is 1. The van der Waals surface area contributed by atoms with E-state index in [1.807, 2.05) is 0 Å². The average molecular weight is 304 g/mol. The summed E-state index contributed by atoms with van der Waals surface area (Å²) in [4.78, 5) is 2.44. The van der Waals surface area contributed by atoms with Crippen LogP contribution in [0.2, 0.25) is 0 Å². The first kappa shape index (κ1) is 14.5. The quantitative estimate of drug-likeness (QED) is 0.858. The first-order valence-corrected chi connectivity index (χ1v) is 8.92. The van der Waals surface area contributed by atoms with Crippen LogP contribution in [0.15, 0.2) is 4.90 Å². The highest BCUT2D eigenvalue weighted by Crippen LogP contribution is 2.31. The number of rotatable bonds is 4. The van der Waals surface area contributed by atoms with Crippen LogP contribution in [0.4, 0.5) is 10.8 Å². The molecule has 1 fully saturated rings. The molecule has 3 N–H and O–H groups in total. The third-order valence-corrected chi connectivity index (χ3v) is 5.42. The lowest BCUT2D eigenvalue weighted by Crippen LogP contribution is -2.35. The summed E-state index contributed by atoms with van der Waals surface area (Å²) in [6, 6.07) is 0. The minimum absolute atomic E-state index is 0.0933. The zero-order valence-corrected chi connectivity index (χ0v) is 12.9. The Labute approximate surface area is 118 Å². The number of nitrogens with zero attached hydrogens (tertiary/aromatic N) is 2. The second-order valence-corrected chi connectivity index (χ2v) is 7.88. The van der Waals surface area contributed by atoms with Crippen molar-refractivity contribution in [2.75, 3.05) is 44.0 Å². The number of sulfone groups is 1. The van der Waals surface area contributed by atoms with Crippen molar-refractivity contribution in [3.05, 3.63) is 0 Å². The highest BCUT2D eigenvalue weighted by atomic mass is 32.2. The van der Waals surface area contributed by atoms with Crippen molar-refractivity contribution in [2.24, 2.45) is 5.92 Å². The Kier molecular flexibility index (Phi) is 4.32. The van der Waals surface area contributed by atoms with Crippen molar-refractivity contribution in [3.63, 3.8) is 0 Å². The summed E-state index contributed by atoms with van der Waals surface area (Å²) in [7, 11) is -1.22. The fourth-order valence-electron chi connectivity index (χ4n) is 2.44. The number of hydrogen-bond acceptors (Lipinski definition) is 7. The van der Waals surface area contributed by atoms with Crippen molar-refractivity contribution in [2.45, 2.75) is 17.7 Å². The summed E-state index contributed by atoms with van der Waals surface area (Å²) in [5.74, 6) is 0.630. The molecule has 1 aromatic heterocycles. The van der Waals surface area contributed by atoms with E-state index in [1.165, 1.54) is 12.8 Å². The van der Waals surface area contributed by atoms with Gasteiger partial charge in [0.05, 0.1) is 0 Å². The van der Waals surface area contributed by atoms with E-state index in [1.54, 1.807) is 0 Å². The van der Waals surface area contributed by atoms with E-state index in [4.69, 9.17) is 5.73 Å². The van der Waals surface area contributed by atoms with Crippen LogP contribution in [0.1, 0.15) is 12.8 Å². The minimum Gasteiger partial charge on any atom is -0.382 e. The SMILES string of the molecule is CN1CCCC(CNc2snc(N)c2S(C)(=O)=O)C1. The monoisotopic (exact) mass is 304 g/mol. The third-order valence-electron chi connectivity index (χ3n) is 3.32. The van der Waals surface area contributed by atoms with Crippen LogP contribution in [-0.4, -0.2) is 50.6 Å². The predicted molar refractivity (Wildman–Crippen MR) is 78.3 cm³/mol. The molecule has 1 aliphatic heterocycles. The summed E-state index contributed by atoms with van der Waals surface area (Å²) in [5, 5.41) is 3.76. The average Bonchev–Trinajstić information content (AvgIpc) is 2.67. The lowest BCUT2D eigenvalue weighted by molar-refractivity contribution is 0.217. The summed E-state index contributed by atoms with van der Waals surface area (Å²) >= 11 is 1.11. The summed E-state index contributed by atoms with van der Waals surface area (Å²) in [6.45, 7) is 2.93. The number of hydrogen-bond donors (Lipinski definition) is 2. The Morgan fingerprint density at radius 1 is 1.58 bits per heavy atom. The number of piperidine rings is 1. The van der Waals surface area contributed by atoms with Crippen LogP contribution in [0.5, 0.6) is 0 Å². The molecule has 1 atom stereocenters. The first-order chi connectivity index (χ1) is 8.88. The Hall–Kier alpha value is -0.860. The first-order valence-electron chi connectivity index (χ1n) is 6.25. The highest BCUT2D eigenvalue weighted by molar-refractivity contribution is 7.91. The third kappa shape index (κ3) is 3.58. The van der Waals surface area contributed by atoms with Gasteiger partial charge in [0.2, 0.25) is 0 Å². The molecule has 0 saturated carbocycles. The van der Waals surface area contributed by atoms with Crippen LogP contribution in [0.3, 0.4) is 0 Å². The molecule has 0 bridgehead atoms. The minimum atomic E-state index is -3.33. The van der Waals surface area contributed by atoms with E-state index < -0.39 is 9.84 Å². The van der Waals surface area contributed by atoms with Gasteiger partial charge < -0.3 is 16.0 Å². The van der Waals surface area contributed by atoms with E-state index in [9.17, 15) is 8.42 Å². The van der Waals surface area contributed by atoms with E-state index in [2.05, 4.69) is 21.6 Å². The highest BCUT2D eigenvalue weighted by Gasteiger charge is 2.23. The molecular weight excluding hydrogens is 284 g/mol. The van der Waals surface area contributed by atoms with E-state index in [-0.39, 0.29) is 10.7 Å². The largest absolute Gasteiger partial charge is 0.382 e. The molecule has 0 aromatic carbocycles. The topological polar surface area (TPSA) is 88.3 Å². The zero-order chi connectivity index (χ0) is 14.0. The molecule has 0 amide bonds. The molecule has 0 aliphatic carbocycles. The lowest BCUT2D eigenvalue weighted by Gasteiger charge is -2.29. The number of nitrogen functional groups attached to an aromatic ring is 1. The van der Waals surface area contributed by atoms with Gasteiger partial charge in [0.15, 0.2) is 15.7 Å². The van der Waals surface area contributed by atoms with Gasteiger partial charge in [-0.25, -0.2) is 8.42 Å². The maximum absolute atomic E-state index is 11.7. The molecule has 6 nitrogen and oxygen atoms in total. The van der Waals surface area contributed by atoms with Crippen LogP contribution in [0, 0.1) is 5.92 Å². The number of likely N-dealkylation sites (tertiary alicyclic amines) is 1. The van der Waals surface area contributed by atoms with Gasteiger partial charge in [-0.3, -0.25) is 0 Å². The smallest absolute Gasteiger partial charge is 0.182 e. The molecule has 1 aromatic rings. The second-order valence-electron chi connectivity index (χ2n) is 5.15. The standard InChI is InChI=1S/C11H20N4O2S2/c1-15-5-3-4-8(7-15)6-13-11-9(19(2,16)17)10(12)14-18-11/h8,13H,3-7H2,1-2H3,(H2,12,14). The van der Waals surface area contributed by atoms with Crippen molar-refractivity contribution in [3.8, 4) is 0 Å². The number of nitrogens with two attached hydrogens (primary N) is 1. The number of aromatic nitrogens is 1. The Morgan fingerprint density at radius 3 is 2.95 bits per heavy atom. The van der Waals surface area contributed by atoms with Crippen molar-refractivity contribution >= 4 is 32.2 Å². The van der Waals surface area contributed by atoms with Gasteiger partial charge in [-0.15, -0.1) is 0 Å². The molecule has 19 heavy (non-hydrogen) atoms. The summed E-state index contributed by atoms with van der Waals surface area (Å²) < 4.78 is 27.3. The molecule has 2 heterocycles. The molecule has 1 aliphatic rings. The van der Waals surface area contributed by atoms with E-state index in [0.717, 1.165) is 37.4 Å². The maximum atomic E-state index is 11.7. The zero-order valence-electron chi connectivity index (χ0n) is 11.2. The molecule has 1 saturated heterocycles. The molecule has 8 heteroatoms. The second kappa shape index (κ2) is 5.64. The van der Waals surface area contributed by atoms with Crippen LogP contribution in [0.25, 0.3) is 0 Å². The fraction of sp³-hybridized carbons (Fsp3) is 0.727. The summed E-state index contributed by atoms with van der Waals surface area (Å²) in [5.41, 5.74) is 5.63. The van der Waals surface area contributed by atoms with E-state index in [0.29, 0.717) is 10.9 Å². The molecule has 0 spiro atoms. The Balaban J connectivity index is 2.04. The molecule has 108 valence electrons. The molecule has 1 unspecified atom stereocenters. The lowest BCUT2D eigenvalue weighted by atomic mass is 9.99. The van der Waals surface area contributed by atoms with Gasteiger partial charge in [-0.05, 0) is 43.9 Å².